The lowest BCUT2D eigenvalue weighted by Gasteiger charge is -2.17. The molecule has 0 aliphatic rings. The molecule has 1 aromatic heterocycles. The van der Waals surface area contributed by atoms with Crippen LogP contribution in [0.4, 0.5) is 0 Å². The molecular weight excluding hydrogens is 314 g/mol. The molecule has 0 radical (unpaired) electrons. The number of benzene rings is 1. The second-order valence-corrected chi connectivity index (χ2v) is 12.0. The highest BCUT2D eigenvalue weighted by molar-refractivity contribution is 6.88. The molecule has 0 aliphatic heterocycles. The van der Waals surface area contributed by atoms with Crippen molar-refractivity contribution in [3.8, 4) is 6.07 Å². The molecule has 0 bridgehead atoms. The van der Waals surface area contributed by atoms with Crippen molar-refractivity contribution in [2.45, 2.75) is 40.0 Å². The fraction of sp³-hybridized carbons (Fsp3) is 0.368. The summed E-state index contributed by atoms with van der Waals surface area (Å²) < 4.78 is 1.83. The Morgan fingerprint density at radius 3 is 2.33 bits per heavy atom. The topological polar surface area (TPSA) is 61.8 Å². The van der Waals surface area contributed by atoms with E-state index in [1.54, 1.807) is 0 Å². The quantitative estimate of drug-likeness (QED) is 0.672. The minimum absolute atomic E-state index is 0.191. The summed E-state index contributed by atoms with van der Waals surface area (Å²) in [5.74, 6) is 0. The van der Waals surface area contributed by atoms with Gasteiger partial charge in [0, 0.05) is 12.1 Å². The van der Waals surface area contributed by atoms with Crippen LogP contribution in [0.25, 0.3) is 11.1 Å². The summed E-state index contributed by atoms with van der Waals surface area (Å²) in [7, 11) is -1.37. The summed E-state index contributed by atoms with van der Waals surface area (Å²) in [5, 5.41) is 25.4. The maximum atomic E-state index is 9.91. The lowest BCUT2D eigenvalue weighted by atomic mass is 9.99. The molecule has 1 N–H and O–H groups in total. The van der Waals surface area contributed by atoms with Crippen LogP contribution in [-0.2, 0) is 6.54 Å². The van der Waals surface area contributed by atoms with Crippen LogP contribution in [-0.4, -0.2) is 29.6 Å². The van der Waals surface area contributed by atoms with Crippen molar-refractivity contribution < 1.29 is 5.11 Å². The second kappa shape index (κ2) is 7.16. The van der Waals surface area contributed by atoms with Gasteiger partial charge in [-0.25, -0.2) is 0 Å². The maximum absolute atomic E-state index is 9.91. The Morgan fingerprint density at radius 1 is 1.25 bits per heavy atom. The van der Waals surface area contributed by atoms with Gasteiger partial charge in [0.25, 0.3) is 0 Å². The van der Waals surface area contributed by atoms with Gasteiger partial charge in [-0.3, -0.25) is 4.68 Å². The van der Waals surface area contributed by atoms with E-state index < -0.39 is 8.07 Å². The van der Waals surface area contributed by atoms with E-state index >= 15 is 0 Å². The van der Waals surface area contributed by atoms with Gasteiger partial charge in [0.2, 0.25) is 0 Å². The number of rotatable bonds is 5. The fourth-order valence-electron chi connectivity index (χ4n) is 2.76. The van der Waals surface area contributed by atoms with Gasteiger partial charge >= 0.3 is 0 Å². The van der Waals surface area contributed by atoms with E-state index in [9.17, 15) is 10.4 Å². The molecule has 0 fully saturated rings. The highest BCUT2D eigenvalue weighted by Gasteiger charge is 2.18. The number of nitriles is 1. The Hall–Kier alpha value is -2.16. The van der Waals surface area contributed by atoms with Crippen LogP contribution in [0.15, 0.2) is 30.3 Å². The Balaban J connectivity index is 2.58. The summed E-state index contributed by atoms with van der Waals surface area (Å²) in [5.41, 5.74) is 3.66. The molecule has 0 spiro atoms. The molecule has 24 heavy (non-hydrogen) atoms. The van der Waals surface area contributed by atoms with Gasteiger partial charge in [-0.15, -0.1) is 0 Å². The molecule has 5 heteroatoms. The van der Waals surface area contributed by atoms with Gasteiger partial charge in [-0.1, -0.05) is 49.1 Å². The van der Waals surface area contributed by atoms with Crippen LogP contribution in [0.1, 0.15) is 23.9 Å². The first-order chi connectivity index (χ1) is 11.3. The number of aryl methyl sites for hydroxylation is 2. The van der Waals surface area contributed by atoms with E-state index in [4.69, 9.17) is 0 Å². The van der Waals surface area contributed by atoms with Crippen LogP contribution in [0.3, 0.4) is 0 Å². The Morgan fingerprint density at radius 2 is 1.88 bits per heavy atom. The summed E-state index contributed by atoms with van der Waals surface area (Å²) in [4.78, 5) is 0. The number of hydrogen-bond acceptors (Lipinski definition) is 3. The predicted molar refractivity (Wildman–Crippen MR) is 102 cm³/mol. The molecule has 0 atom stereocenters. The fourth-order valence-corrected chi connectivity index (χ4v) is 3.93. The normalized spacial score (nSPS) is 12.7. The van der Waals surface area contributed by atoms with Crippen LogP contribution < -0.4 is 5.19 Å². The standard InChI is InChI=1S/C19H25N3OSi/c1-6-22-19(11-14(2)21-22)18(13-23)17(12-20)15-7-9-16(10-8-15)24(3,4)5/h7-11,23H,6,13H2,1-5H3/b18-17-. The zero-order valence-electron chi connectivity index (χ0n) is 15.1. The van der Waals surface area contributed by atoms with Crippen molar-refractivity contribution in [3.63, 3.8) is 0 Å². The van der Waals surface area contributed by atoms with Crippen LogP contribution in [0.2, 0.25) is 19.6 Å². The Kier molecular flexibility index (Phi) is 5.42. The minimum Gasteiger partial charge on any atom is -0.392 e. The molecule has 1 aromatic carbocycles. The molecule has 0 unspecified atom stereocenters. The van der Waals surface area contributed by atoms with Gasteiger partial charge in [-0.2, -0.15) is 10.4 Å². The first-order valence-corrected chi connectivity index (χ1v) is 11.7. The highest BCUT2D eigenvalue weighted by Crippen LogP contribution is 2.26. The van der Waals surface area contributed by atoms with Crippen LogP contribution in [0.5, 0.6) is 0 Å². The number of aliphatic hydroxyl groups is 1. The number of nitrogens with zero attached hydrogens (tertiary/aromatic N) is 3. The van der Waals surface area contributed by atoms with Crippen molar-refractivity contribution in [3.05, 3.63) is 47.3 Å². The molecule has 0 aliphatic carbocycles. The smallest absolute Gasteiger partial charge is 0.100 e. The van der Waals surface area contributed by atoms with Gasteiger partial charge in [-0.05, 0) is 25.5 Å². The van der Waals surface area contributed by atoms with E-state index in [1.807, 2.05) is 36.7 Å². The highest BCUT2D eigenvalue weighted by atomic mass is 28.3. The first kappa shape index (κ1) is 18.2. The third kappa shape index (κ3) is 3.66. The molecule has 0 amide bonds. The van der Waals surface area contributed by atoms with Crippen LogP contribution in [0, 0.1) is 18.3 Å². The number of aromatic nitrogens is 2. The SMILES string of the molecule is CCn1nc(C)cc1/C(CO)=C(/C#N)c1ccc([Si](C)(C)C)cc1. The van der Waals surface area contributed by atoms with Crippen molar-refractivity contribution in [2.75, 3.05) is 6.61 Å². The molecule has 0 saturated carbocycles. The summed E-state index contributed by atoms with van der Waals surface area (Å²) >= 11 is 0. The van der Waals surface area contributed by atoms with E-state index in [0.717, 1.165) is 17.0 Å². The first-order valence-electron chi connectivity index (χ1n) is 8.21. The van der Waals surface area contributed by atoms with Gasteiger partial charge in [0.05, 0.1) is 31.6 Å². The Bertz CT molecular complexity index is 789. The van der Waals surface area contributed by atoms with Gasteiger partial charge < -0.3 is 5.11 Å². The number of hydrogen-bond donors (Lipinski definition) is 1. The van der Waals surface area contributed by atoms with E-state index in [0.29, 0.717) is 17.7 Å². The van der Waals surface area contributed by atoms with Crippen molar-refractivity contribution in [2.24, 2.45) is 0 Å². The van der Waals surface area contributed by atoms with Crippen LogP contribution >= 0.6 is 0 Å². The number of aliphatic hydroxyl groups excluding tert-OH is 1. The average molecular weight is 340 g/mol. The Labute approximate surface area is 145 Å². The minimum atomic E-state index is -1.37. The summed E-state index contributed by atoms with van der Waals surface area (Å²) in [6.07, 6.45) is 0. The van der Waals surface area contributed by atoms with Crippen molar-refractivity contribution in [1.29, 1.82) is 5.26 Å². The molecule has 1 heterocycles. The molecular formula is C19H25N3OSi. The summed E-state index contributed by atoms with van der Waals surface area (Å²) in [6, 6.07) is 12.4. The molecule has 4 nitrogen and oxygen atoms in total. The third-order valence-corrected chi connectivity index (χ3v) is 6.19. The van der Waals surface area contributed by atoms with E-state index in [-0.39, 0.29) is 6.61 Å². The lowest BCUT2D eigenvalue weighted by molar-refractivity contribution is 0.349. The van der Waals surface area contributed by atoms with Gasteiger partial charge in [0.1, 0.15) is 6.07 Å². The molecule has 0 saturated heterocycles. The predicted octanol–water partition coefficient (Wildman–Crippen LogP) is 3.18. The number of allylic oxidation sites excluding steroid dienone is 1. The second-order valence-electron chi connectivity index (χ2n) is 6.94. The van der Waals surface area contributed by atoms with Gasteiger partial charge in [0.15, 0.2) is 0 Å². The molecule has 2 rings (SSSR count). The van der Waals surface area contributed by atoms with E-state index in [2.05, 4.69) is 42.9 Å². The van der Waals surface area contributed by atoms with Crippen molar-refractivity contribution >= 4 is 24.4 Å². The zero-order valence-corrected chi connectivity index (χ0v) is 16.1. The summed E-state index contributed by atoms with van der Waals surface area (Å²) in [6.45, 7) is 11.3. The average Bonchev–Trinajstić information content (AvgIpc) is 2.92. The lowest BCUT2D eigenvalue weighted by Crippen LogP contribution is -2.37. The zero-order chi connectivity index (χ0) is 17.9. The largest absolute Gasteiger partial charge is 0.392 e. The monoisotopic (exact) mass is 339 g/mol. The molecule has 2 aromatic rings. The van der Waals surface area contributed by atoms with Crippen molar-refractivity contribution in [1.82, 2.24) is 9.78 Å². The molecule has 126 valence electrons. The third-order valence-electron chi connectivity index (χ3n) is 4.12. The maximum Gasteiger partial charge on any atom is 0.100 e. The van der Waals surface area contributed by atoms with E-state index in [1.165, 1.54) is 5.19 Å².